The predicted molar refractivity (Wildman–Crippen MR) is 94.2 cm³/mol. The minimum atomic E-state index is 0.228. The number of anilines is 2. The summed E-state index contributed by atoms with van der Waals surface area (Å²) in [7, 11) is 0. The van der Waals surface area contributed by atoms with Crippen molar-refractivity contribution in [1.29, 1.82) is 0 Å². The average molecular weight is 317 g/mol. The number of aryl methyl sites for hydroxylation is 1. The molecule has 0 saturated heterocycles. The highest BCUT2D eigenvalue weighted by atomic mass is 32.2. The van der Waals surface area contributed by atoms with Gasteiger partial charge in [-0.25, -0.2) is 0 Å². The first-order valence-corrected chi connectivity index (χ1v) is 7.77. The van der Waals surface area contributed by atoms with Gasteiger partial charge < -0.3 is 11.5 Å². The Bertz CT molecular complexity index is 681. The molecule has 2 aromatic rings. The first-order valence-electron chi connectivity index (χ1n) is 7.06. The number of nitrogen functional groups attached to an aromatic ring is 2. The van der Waals surface area contributed by atoms with Crippen LogP contribution < -0.4 is 11.5 Å². The molecule has 2 aromatic carbocycles. The van der Waals surface area contributed by atoms with Gasteiger partial charge in [-0.05, 0) is 55.7 Å². The molecule has 3 nitrogen and oxygen atoms in total. The topological polar surface area (TPSA) is 64.4 Å². The zero-order valence-corrected chi connectivity index (χ0v) is 13.6. The van der Waals surface area contributed by atoms with Crippen LogP contribution in [0.3, 0.4) is 0 Å². The number of aliphatic imine (C=N–C) groups is 1. The van der Waals surface area contributed by atoms with Crippen molar-refractivity contribution >= 4 is 29.2 Å². The molecule has 0 heterocycles. The zero-order chi connectivity index (χ0) is 16.1. The Morgan fingerprint density at radius 2 is 1.86 bits per heavy atom. The number of hydrogen-bond acceptors (Lipinski definition) is 4. The highest BCUT2D eigenvalue weighted by Gasteiger charge is 2.09. The van der Waals surface area contributed by atoms with Crippen LogP contribution in [0.1, 0.15) is 23.6 Å². The molecule has 22 heavy (non-hydrogen) atoms. The quantitative estimate of drug-likeness (QED) is 0.642. The second-order valence-corrected chi connectivity index (χ2v) is 5.83. The van der Waals surface area contributed by atoms with Crippen LogP contribution in [0.4, 0.5) is 15.3 Å². The SMILES string of the molecule is CC(=NCCc1ccc(N)cc1)c1cc(N)c(C)cc1SF. The van der Waals surface area contributed by atoms with Gasteiger partial charge in [-0.15, -0.1) is 0 Å². The van der Waals surface area contributed by atoms with Crippen LogP contribution in [-0.4, -0.2) is 12.3 Å². The minimum absolute atomic E-state index is 0.228. The van der Waals surface area contributed by atoms with Gasteiger partial charge in [0.1, 0.15) is 0 Å². The molecule has 0 saturated carbocycles. The largest absolute Gasteiger partial charge is 0.399 e. The van der Waals surface area contributed by atoms with Crippen molar-refractivity contribution in [3.63, 3.8) is 0 Å². The number of nitrogens with two attached hydrogens (primary N) is 2. The van der Waals surface area contributed by atoms with E-state index in [4.69, 9.17) is 11.5 Å². The van der Waals surface area contributed by atoms with E-state index in [2.05, 4.69) is 4.99 Å². The Morgan fingerprint density at radius 1 is 1.18 bits per heavy atom. The molecule has 4 N–H and O–H groups in total. The van der Waals surface area contributed by atoms with Gasteiger partial charge in [0.25, 0.3) is 0 Å². The second-order valence-electron chi connectivity index (χ2n) is 5.24. The molecule has 0 aliphatic carbocycles. The summed E-state index contributed by atoms with van der Waals surface area (Å²) in [5, 5.41) is 0. The molecule has 5 heteroatoms. The van der Waals surface area contributed by atoms with E-state index in [1.807, 2.05) is 38.1 Å². The van der Waals surface area contributed by atoms with Crippen LogP contribution >= 0.6 is 12.1 Å². The van der Waals surface area contributed by atoms with Gasteiger partial charge in [0.15, 0.2) is 0 Å². The molecule has 0 aliphatic heterocycles. The Hall–Kier alpha value is -2.01. The van der Waals surface area contributed by atoms with E-state index < -0.39 is 0 Å². The molecule has 0 aliphatic rings. The van der Waals surface area contributed by atoms with E-state index in [0.29, 0.717) is 17.1 Å². The van der Waals surface area contributed by atoms with Gasteiger partial charge in [-0.3, -0.25) is 4.99 Å². The Balaban J connectivity index is 2.12. The Morgan fingerprint density at radius 3 is 2.50 bits per heavy atom. The summed E-state index contributed by atoms with van der Waals surface area (Å²) in [5.74, 6) is 0. The maximum Gasteiger partial charge on any atom is 0.0819 e. The third-order valence-corrected chi connectivity index (χ3v) is 4.07. The van der Waals surface area contributed by atoms with Crippen LogP contribution in [-0.2, 0) is 6.42 Å². The summed E-state index contributed by atoms with van der Waals surface area (Å²) in [5.41, 5.74) is 16.6. The lowest BCUT2D eigenvalue weighted by atomic mass is 10.1. The fraction of sp³-hybridized carbons (Fsp3) is 0.235. The second kappa shape index (κ2) is 7.31. The number of hydrogen-bond donors (Lipinski definition) is 2. The van der Waals surface area contributed by atoms with Crippen molar-refractivity contribution in [2.45, 2.75) is 25.2 Å². The van der Waals surface area contributed by atoms with Crippen LogP contribution in [0.25, 0.3) is 0 Å². The first-order chi connectivity index (χ1) is 10.5. The van der Waals surface area contributed by atoms with Crippen LogP contribution in [0, 0.1) is 6.92 Å². The van der Waals surface area contributed by atoms with E-state index in [1.165, 1.54) is 5.56 Å². The van der Waals surface area contributed by atoms with Crippen LogP contribution in [0.2, 0.25) is 0 Å². The molecule has 0 spiro atoms. The first kappa shape index (κ1) is 16.4. The van der Waals surface area contributed by atoms with Crippen LogP contribution in [0.15, 0.2) is 46.3 Å². The third-order valence-electron chi connectivity index (χ3n) is 3.57. The van der Waals surface area contributed by atoms with Crippen molar-refractivity contribution in [2.24, 2.45) is 4.99 Å². The van der Waals surface area contributed by atoms with Crippen molar-refractivity contribution in [3.8, 4) is 0 Å². The van der Waals surface area contributed by atoms with Gasteiger partial charge in [0.05, 0.1) is 17.0 Å². The third kappa shape index (κ3) is 4.01. The lowest BCUT2D eigenvalue weighted by molar-refractivity contribution is 0.932. The van der Waals surface area contributed by atoms with Gasteiger partial charge in [-0.1, -0.05) is 12.1 Å². The number of benzene rings is 2. The number of nitrogens with zero attached hydrogens (tertiary/aromatic N) is 1. The molecular weight excluding hydrogens is 297 g/mol. The van der Waals surface area contributed by atoms with E-state index in [-0.39, 0.29) is 12.1 Å². The number of rotatable bonds is 5. The fourth-order valence-corrected chi connectivity index (χ4v) is 2.68. The van der Waals surface area contributed by atoms with Crippen molar-refractivity contribution < 1.29 is 3.89 Å². The molecular formula is C17H20FN3S. The molecule has 2 rings (SSSR count). The molecule has 0 bridgehead atoms. The summed E-state index contributed by atoms with van der Waals surface area (Å²) in [6.07, 6.45) is 0.817. The lowest BCUT2D eigenvalue weighted by Gasteiger charge is -2.09. The van der Waals surface area contributed by atoms with Gasteiger partial charge >= 0.3 is 0 Å². The van der Waals surface area contributed by atoms with Gasteiger partial charge in [-0.2, -0.15) is 3.89 Å². The summed E-state index contributed by atoms with van der Waals surface area (Å²) >= 11 is 0.228. The summed E-state index contributed by atoms with van der Waals surface area (Å²) < 4.78 is 13.1. The van der Waals surface area contributed by atoms with E-state index in [0.717, 1.165) is 28.9 Å². The molecule has 0 amide bonds. The monoisotopic (exact) mass is 317 g/mol. The standard InChI is InChI=1S/C17H20FN3S/c1-11-9-17(22-18)15(10-16(11)20)12(2)21-8-7-13-3-5-14(19)6-4-13/h3-6,9-10H,7-8,19-20H2,1-2H3. The summed E-state index contributed by atoms with van der Waals surface area (Å²) in [4.78, 5) is 5.10. The molecule has 0 unspecified atom stereocenters. The van der Waals surface area contributed by atoms with Crippen molar-refractivity contribution in [1.82, 2.24) is 0 Å². The molecule has 0 radical (unpaired) electrons. The highest BCUT2D eigenvalue weighted by Crippen LogP contribution is 2.28. The normalized spacial score (nSPS) is 11.7. The maximum absolute atomic E-state index is 13.1. The van der Waals surface area contributed by atoms with E-state index in [9.17, 15) is 3.89 Å². The summed E-state index contributed by atoms with van der Waals surface area (Å²) in [6.45, 7) is 4.39. The minimum Gasteiger partial charge on any atom is -0.399 e. The van der Waals surface area contributed by atoms with Gasteiger partial charge in [0.2, 0.25) is 0 Å². The average Bonchev–Trinajstić information content (AvgIpc) is 2.51. The smallest absolute Gasteiger partial charge is 0.0819 e. The number of halogens is 1. The fourth-order valence-electron chi connectivity index (χ4n) is 2.17. The molecule has 0 atom stereocenters. The molecule has 116 valence electrons. The Kier molecular flexibility index (Phi) is 5.44. The van der Waals surface area contributed by atoms with E-state index in [1.54, 1.807) is 12.1 Å². The zero-order valence-electron chi connectivity index (χ0n) is 12.8. The van der Waals surface area contributed by atoms with Gasteiger partial charge in [0, 0.05) is 29.2 Å². The predicted octanol–water partition coefficient (Wildman–Crippen LogP) is 4.19. The van der Waals surface area contributed by atoms with Crippen LogP contribution in [0.5, 0.6) is 0 Å². The Labute approximate surface area is 134 Å². The molecule has 0 fully saturated rings. The highest BCUT2D eigenvalue weighted by molar-refractivity contribution is 7.94. The van der Waals surface area contributed by atoms with Crippen molar-refractivity contribution in [3.05, 3.63) is 53.1 Å². The lowest BCUT2D eigenvalue weighted by Crippen LogP contribution is -2.03. The summed E-state index contributed by atoms with van der Waals surface area (Å²) in [6, 6.07) is 11.3. The molecule has 0 aromatic heterocycles. The van der Waals surface area contributed by atoms with E-state index >= 15 is 0 Å². The van der Waals surface area contributed by atoms with Crippen molar-refractivity contribution in [2.75, 3.05) is 18.0 Å². The maximum atomic E-state index is 13.1.